The number of carbonyl (C=O) groups excluding carboxylic acids is 1. The molecule has 0 radical (unpaired) electrons. The standard InChI is InChI=1S/C11H11N3O.ClH/c12-10-3-1-9(2-4-10)11(15)7-14-6-5-13-8-14;/h1-6,8H,7,12H2;1H. The van der Waals surface area contributed by atoms with Gasteiger partial charge in [-0.15, -0.1) is 12.4 Å². The van der Waals surface area contributed by atoms with Gasteiger partial charge in [-0.05, 0) is 24.3 Å². The summed E-state index contributed by atoms with van der Waals surface area (Å²) < 4.78 is 1.73. The molecule has 0 aliphatic rings. The van der Waals surface area contributed by atoms with Gasteiger partial charge in [0.15, 0.2) is 5.78 Å². The fraction of sp³-hybridized carbons (Fsp3) is 0.0909. The summed E-state index contributed by atoms with van der Waals surface area (Å²) in [6, 6.07) is 6.91. The zero-order chi connectivity index (χ0) is 10.7. The maximum absolute atomic E-state index is 11.7. The monoisotopic (exact) mass is 237 g/mol. The molecule has 0 aliphatic heterocycles. The lowest BCUT2D eigenvalue weighted by Crippen LogP contribution is -2.08. The van der Waals surface area contributed by atoms with Gasteiger partial charge < -0.3 is 10.3 Å². The van der Waals surface area contributed by atoms with Crippen molar-refractivity contribution in [3.63, 3.8) is 0 Å². The number of ketones is 1. The average Bonchev–Trinajstić information content (AvgIpc) is 2.71. The SMILES string of the molecule is Cl.Nc1ccc(C(=O)Cn2ccnc2)cc1. The van der Waals surface area contributed by atoms with E-state index >= 15 is 0 Å². The first-order chi connectivity index (χ1) is 7.25. The summed E-state index contributed by atoms with van der Waals surface area (Å²) in [4.78, 5) is 15.6. The van der Waals surface area contributed by atoms with Gasteiger partial charge in [0.05, 0.1) is 12.9 Å². The Labute approximate surface area is 99.5 Å². The molecule has 0 aliphatic carbocycles. The minimum absolute atomic E-state index is 0. The minimum Gasteiger partial charge on any atom is -0.399 e. The lowest BCUT2D eigenvalue weighted by atomic mass is 10.1. The third-order valence-corrected chi connectivity index (χ3v) is 2.12. The summed E-state index contributed by atoms with van der Waals surface area (Å²) in [6.45, 7) is 0.309. The second-order valence-corrected chi connectivity index (χ2v) is 3.28. The van der Waals surface area contributed by atoms with Crippen LogP contribution in [0.15, 0.2) is 43.0 Å². The number of benzene rings is 1. The molecule has 0 saturated carbocycles. The molecule has 4 nitrogen and oxygen atoms in total. The van der Waals surface area contributed by atoms with Crippen LogP contribution in [0.1, 0.15) is 10.4 Å². The highest BCUT2D eigenvalue weighted by atomic mass is 35.5. The molecule has 84 valence electrons. The molecule has 1 heterocycles. The van der Waals surface area contributed by atoms with Crippen LogP contribution in [0.2, 0.25) is 0 Å². The maximum Gasteiger partial charge on any atom is 0.182 e. The zero-order valence-corrected chi connectivity index (χ0v) is 9.35. The van der Waals surface area contributed by atoms with Gasteiger partial charge >= 0.3 is 0 Å². The molecule has 2 aromatic rings. The molecular formula is C11H12ClN3O. The number of nitrogens with zero attached hydrogens (tertiary/aromatic N) is 2. The van der Waals surface area contributed by atoms with Crippen LogP contribution in [0.4, 0.5) is 5.69 Å². The number of carbonyl (C=O) groups is 1. The Balaban J connectivity index is 0.00000128. The fourth-order valence-electron chi connectivity index (χ4n) is 1.31. The van der Waals surface area contributed by atoms with Crippen molar-refractivity contribution in [1.82, 2.24) is 9.55 Å². The number of halogens is 1. The molecule has 2 rings (SSSR count). The molecule has 2 N–H and O–H groups in total. The third-order valence-electron chi connectivity index (χ3n) is 2.12. The number of hydrogen-bond donors (Lipinski definition) is 1. The quantitative estimate of drug-likeness (QED) is 0.654. The summed E-state index contributed by atoms with van der Waals surface area (Å²) in [6.07, 6.45) is 5.03. The van der Waals surface area contributed by atoms with E-state index in [1.54, 1.807) is 47.6 Å². The smallest absolute Gasteiger partial charge is 0.182 e. The molecule has 1 aromatic carbocycles. The molecule has 0 spiro atoms. The van der Waals surface area contributed by atoms with Crippen molar-refractivity contribution in [3.05, 3.63) is 48.5 Å². The van der Waals surface area contributed by atoms with Gasteiger partial charge in [0, 0.05) is 23.6 Å². The topological polar surface area (TPSA) is 60.9 Å². The average molecular weight is 238 g/mol. The van der Waals surface area contributed by atoms with Gasteiger partial charge in [0.2, 0.25) is 0 Å². The van der Waals surface area contributed by atoms with E-state index in [0.717, 1.165) is 0 Å². The maximum atomic E-state index is 11.7. The number of rotatable bonds is 3. The Hall–Kier alpha value is -1.81. The van der Waals surface area contributed by atoms with Crippen molar-refractivity contribution in [2.24, 2.45) is 0 Å². The van der Waals surface area contributed by atoms with Crippen molar-refractivity contribution < 1.29 is 4.79 Å². The number of imidazole rings is 1. The zero-order valence-electron chi connectivity index (χ0n) is 8.54. The molecule has 0 bridgehead atoms. The third kappa shape index (κ3) is 2.84. The van der Waals surface area contributed by atoms with Gasteiger partial charge in [-0.3, -0.25) is 4.79 Å². The highest BCUT2D eigenvalue weighted by Crippen LogP contribution is 2.07. The number of nitrogen functional groups attached to an aromatic ring is 1. The highest BCUT2D eigenvalue weighted by Gasteiger charge is 2.05. The Morgan fingerprint density at radius 2 is 2.00 bits per heavy atom. The predicted octanol–water partition coefficient (Wildman–Crippen LogP) is 1.77. The van der Waals surface area contributed by atoms with Crippen LogP contribution in [0.3, 0.4) is 0 Å². The summed E-state index contributed by atoms with van der Waals surface area (Å²) in [5, 5.41) is 0. The highest BCUT2D eigenvalue weighted by molar-refractivity contribution is 5.96. The van der Waals surface area contributed by atoms with E-state index in [2.05, 4.69) is 4.98 Å². The van der Waals surface area contributed by atoms with Crippen molar-refractivity contribution in [2.45, 2.75) is 6.54 Å². The Morgan fingerprint density at radius 3 is 2.56 bits per heavy atom. The van der Waals surface area contributed by atoms with Crippen LogP contribution in [0.25, 0.3) is 0 Å². The summed E-state index contributed by atoms with van der Waals surface area (Å²) in [5.74, 6) is 0.0491. The van der Waals surface area contributed by atoms with E-state index in [-0.39, 0.29) is 18.2 Å². The molecule has 5 heteroatoms. The summed E-state index contributed by atoms with van der Waals surface area (Å²) in [5.41, 5.74) is 6.86. The first-order valence-corrected chi connectivity index (χ1v) is 4.60. The van der Waals surface area contributed by atoms with Gasteiger partial charge in [-0.2, -0.15) is 0 Å². The van der Waals surface area contributed by atoms with E-state index in [1.807, 2.05) is 0 Å². The van der Waals surface area contributed by atoms with E-state index < -0.39 is 0 Å². The normalized spacial score (nSPS) is 9.50. The Bertz CT molecular complexity index is 451. The Kier molecular flexibility index (Phi) is 4.08. The van der Waals surface area contributed by atoms with E-state index in [4.69, 9.17) is 5.73 Å². The molecular weight excluding hydrogens is 226 g/mol. The van der Waals surface area contributed by atoms with E-state index in [0.29, 0.717) is 17.8 Å². The van der Waals surface area contributed by atoms with Crippen molar-refractivity contribution >= 4 is 23.9 Å². The first kappa shape index (κ1) is 12.3. The van der Waals surface area contributed by atoms with Crippen LogP contribution in [0, 0.1) is 0 Å². The minimum atomic E-state index is 0. The van der Waals surface area contributed by atoms with Crippen LogP contribution in [0.5, 0.6) is 0 Å². The molecule has 0 saturated heterocycles. The van der Waals surface area contributed by atoms with E-state index in [1.165, 1.54) is 0 Å². The molecule has 0 atom stereocenters. The van der Waals surface area contributed by atoms with Gasteiger partial charge in [0.1, 0.15) is 0 Å². The van der Waals surface area contributed by atoms with Crippen molar-refractivity contribution in [3.8, 4) is 0 Å². The molecule has 0 unspecified atom stereocenters. The van der Waals surface area contributed by atoms with Crippen molar-refractivity contribution in [1.29, 1.82) is 0 Å². The molecule has 0 amide bonds. The number of anilines is 1. The lowest BCUT2D eigenvalue weighted by Gasteiger charge is -2.02. The first-order valence-electron chi connectivity index (χ1n) is 4.60. The summed E-state index contributed by atoms with van der Waals surface area (Å²) >= 11 is 0. The van der Waals surface area contributed by atoms with Crippen LogP contribution >= 0.6 is 12.4 Å². The lowest BCUT2D eigenvalue weighted by molar-refractivity contribution is 0.0972. The number of Topliss-reactive ketones (excluding diaryl/α,β-unsaturated/α-hetero) is 1. The Morgan fingerprint density at radius 1 is 1.31 bits per heavy atom. The fourth-order valence-corrected chi connectivity index (χ4v) is 1.31. The van der Waals surface area contributed by atoms with E-state index in [9.17, 15) is 4.79 Å². The largest absolute Gasteiger partial charge is 0.399 e. The number of nitrogens with two attached hydrogens (primary N) is 1. The van der Waals surface area contributed by atoms with Gasteiger partial charge in [0.25, 0.3) is 0 Å². The number of aromatic nitrogens is 2. The predicted molar refractivity (Wildman–Crippen MR) is 64.7 cm³/mol. The summed E-state index contributed by atoms with van der Waals surface area (Å²) in [7, 11) is 0. The van der Waals surface area contributed by atoms with Gasteiger partial charge in [-0.1, -0.05) is 0 Å². The molecule has 0 fully saturated rings. The second-order valence-electron chi connectivity index (χ2n) is 3.28. The van der Waals surface area contributed by atoms with Crippen LogP contribution < -0.4 is 5.73 Å². The van der Waals surface area contributed by atoms with Crippen molar-refractivity contribution in [2.75, 3.05) is 5.73 Å². The van der Waals surface area contributed by atoms with Gasteiger partial charge in [-0.25, -0.2) is 4.98 Å². The number of hydrogen-bond acceptors (Lipinski definition) is 3. The van der Waals surface area contributed by atoms with Crippen LogP contribution in [-0.2, 0) is 6.54 Å². The molecule has 16 heavy (non-hydrogen) atoms. The second kappa shape index (κ2) is 5.32. The molecule has 1 aromatic heterocycles. The van der Waals surface area contributed by atoms with Crippen LogP contribution in [-0.4, -0.2) is 15.3 Å².